The fourth-order valence-electron chi connectivity index (χ4n) is 2.03. The molecule has 18 heavy (non-hydrogen) atoms. The molecule has 0 heterocycles. The quantitative estimate of drug-likeness (QED) is 0.740. The van der Waals surface area contributed by atoms with E-state index in [1.165, 1.54) is 0 Å². The Labute approximate surface area is 108 Å². The highest BCUT2D eigenvalue weighted by Crippen LogP contribution is 2.40. The Kier molecular flexibility index (Phi) is 3.04. The van der Waals surface area contributed by atoms with Gasteiger partial charge in [-0.15, -0.1) is 0 Å². The molecule has 0 aliphatic carbocycles. The summed E-state index contributed by atoms with van der Waals surface area (Å²) in [6.07, 6.45) is 0. The lowest BCUT2D eigenvalue weighted by molar-refractivity contribution is 0.437. The summed E-state index contributed by atoms with van der Waals surface area (Å²) in [6, 6.07) is 12.8. The molecule has 0 amide bonds. The molecule has 0 saturated carbocycles. The summed E-state index contributed by atoms with van der Waals surface area (Å²) in [7, 11) is 0. The topological polar surface area (TPSA) is 40.5 Å². The summed E-state index contributed by atoms with van der Waals surface area (Å²) < 4.78 is 0. The van der Waals surface area contributed by atoms with Gasteiger partial charge in [-0.2, -0.15) is 0 Å². The second-order valence-corrected chi connectivity index (χ2v) is 5.51. The van der Waals surface area contributed by atoms with Crippen molar-refractivity contribution in [2.24, 2.45) is 0 Å². The van der Waals surface area contributed by atoms with E-state index in [-0.39, 0.29) is 16.9 Å². The maximum Gasteiger partial charge on any atom is 0.127 e. The lowest BCUT2D eigenvalue weighted by atomic mass is 9.84. The van der Waals surface area contributed by atoms with Gasteiger partial charge < -0.3 is 10.2 Å². The molecule has 0 atom stereocenters. The Morgan fingerprint density at radius 3 is 2.06 bits per heavy atom. The van der Waals surface area contributed by atoms with Crippen LogP contribution in [-0.4, -0.2) is 10.2 Å². The van der Waals surface area contributed by atoms with E-state index in [4.69, 9.17) is 0 Å². The van der Waals surface area contributed by atoms with Crippen molar-refractivity contribution in [3.8, 4) is 22.6 Å². The van der Waals surface area contributed by atoms with Crippen molar-refractivity contribution in [1.29, 1.82) is 0 Å². The van der Waals surface area contributed by atoms with Crippen molar-refractivity contribution in [1.82, 2.24) is 0 Å². The van der Waals surface area contributed by atoms with Gasteiger partial charge in [-0.3, -0.25) is 0 Å². The number of phenols is 2. The molecule has 0 spiro atoms. The highest BCUT2D eigenvalue weighted by Gasteiger charge is 2.21. The van der Waals surface area contributed by atoms with Crippen LogP contribution >= 0.6 is 0 Å². The van der Waals surface area contributed by atoms with Crippen molar-refractivity contribution in [2.45, 2.75) is 26.2 Å². The van der Waals surface area contributed by atoms with Crippen molar-refractivity contribution in [3.63, 3.8) is 0 Å². The summed E-state index contributed by atoms with van der Waals surface area (Å²) in [4.78, 5) is 0. The van der Waals surface area contributed by atoms with Crippen LogP contribution in [0.4, 0.5) is 0 Å². The number of rotatable bonds is 1. The number of phenolic OH excluding ortho intramolecular Hbond substituents is 2. The molecule has 0 unspecified atom stereocenters. The van der Waals surface area contributed by atoms with Gasteiger partial charge in [0.2, 0.25) is 0 Å². The molecular formula is C16H18O2. The van der Waals surface area contributed by atoms with E-state index in [2.05, 4.69) is 0 Å². The number of aromatic hydroxyl groups is 2. The fourth-order valence-corrected chi connectivity index (χ4v) is 2.03. The van der Waals surface area contributed by atoms with Crippen LogP contribution in [0.25, 0.3) is 11.1 Å². The first kappa shape index (κ1) is 12.5. The Hall–Kier alpha value is -1.96. The van der Waals surface area contributed by atoms with Crippen LogP contribution in [0.3, 0.4) is 0 Å². The Morgan fingerprint density at radius 1 is 0.889 bits per heavy atom. The monoisotopic (exact) mass is 242 g/mol. The molecule has 2 aromatic rings. The molecule has 0 bridgehead atoms. The third kappa shape index (κ3) is 2.33. The van der Waals surface area contributed by atoms with Gasteiger partial charge in [-0.25, -0.2) is 0 Å². The van der Waals surface area contributed by atoms with Gasteiger partial charge in [0.1, 0.15) is 11.5 Å². The Bertz CT molecular complexity index is 551. The Balaban J connectivity index is 2.67. The van der Waals surface area contributed by atoms with Crippen LogP contribution in [0.15, 0.2) is 42.5 Å². The zero-order chi connectivity index (χ0) is 13.3. The second kappa shape index (κ2) is 4.37. The SMILES string of the molecule is CC(C)(C)c1cc(O)cc(-c2ccccc2)c1O. The molecule has 0 fully saturated rings. The molecule has 2 heteroatoms. The molecule has 0 aliphatic heterocycles. The first-order valence-electron chi connectivity index (χ1n) is 6.01. The number of benzene rings is 2. The van der Waals surface area contributed by atoms with Crippen LogP contribution in [0.5, 0.6) is 11.5 Å². The molecule has 0 saturated heterocycles. The average molecular weight is 242 g/mol. The largest absolute Gasteiger partial charge is 0.508 e. The summed E-state index contributed by atoms with van der Waals surface area (Å²) in [6.45, 7) is 6.03. The first-order valence-corrected chi connectivity index (χ1v) is 6.01. The predicted octanol–water partition coefficient (Wildman–Crippen LogP) is 4.06. The van der Waals surface area contributed by atoms with Gasteiger partial charge in [0.05, 0.1) is 0 Å². The van der Waals surface area contributed by atoms with Crippen molar-refractivity contribution in [3.05, 3.63) is 48.0 Å². The normalized spacial score (nSPS) is 11.5. The molecule has 94 valence electrons. The minimum absolute atomic E-state index is 0.177. The lowest BCUT2D eigenvalue weighted by Gasteiger charge is -2.22. The Morgan fingerprint density at radius 2 is 1.50 bits per heavy atom. The van der Waals surface area contributed by atoms with Crippen LogP contribution in [0.1, 0.15) is 26.3 Å². The average Bonchev–Trinajstić information content (AvgIpc) is 2.31. The van der Waals surface area contributed by atoms with Gasteiger partial charge in [-0.05, 0) is 23.1 Å². The second-order valence-electron chi connectivity index (χ2n) is 5.51. The van der Waals surface area contributed by atoms with E-state index in [9.17, 15) is 10.2 Å². The highest BCUT2D eigenvalue weighted by molar-refractivity contribution is 5.74. The molecule has 2 aromatic carbocycles. The molecule has 0 aliphatic rings. The highest BCUT2D eigenvalue weighted by atomic mass is 16.3. The minimum atomic E-state index is -0.216. The zero-order valence-electron chi connectivity index (χ0n) is 10.9. The van der Waals surface area contributed by atoms with Crippen LogP contribution in [0, 0.1) is 0 Å². The van der Waals surface area contributed by atoms with E-state index < -0.39 is 0 Å². The smallest absolute Gasteiger partial charge is 0.127 e. The van der Waals surface area contributed by atoms with E-state index in [0.29, 0.717) is 5.56 Å². The molecule has 2 rings (SSSR count). The van der Waals surface area contributed by atoms with E-state index in [1.54, 1.807) is 12.1 Å². The lowest BCUT2D eigenvalue weighted by Crippen LogP contribution is -2.11. The van der Waals surface area contributed by atoms with Gasteiger partial charge in [0, 0.05) is 11.1 Å². The number of hydrogen-bond acceptors (Lipinski definition) is 2. The first-order chi connectivity index (χ1) is 8.39. The van der Waals surface area contributed by atoms with Crippen LogP contribution < -0.4 is 0 Å². The predicted molar refractivity (Wildman–Crippen MR) is 73.9 cm³/mol. The summed E-state index contributed by atoms with van der Waals surface area (Å²) >= 11 is 0. The third-order valence-corrected chi connectivity index (χ3v) is 2.99. The van der Waals surface area contributed by atoms with Crippen molar-refractivity contribution < 1.29 is 10.2 Å². The van der Waals surface area contributed by atoms with Gasteiger partial charge in [0.25, 0.3) is 0 Å². The summed E-state index contributed by atoms with van der Waals surface area (Å²) in [5.74, 6) is 0.420. The summed E-state index contributed by atoms with van der Waals surface area (Å²) in [5.41, 5.74) is 2.10. The minimum Gasteiger partial charge on any atom is -0.508 e. The van der Waals surface area contributed by atoms with Crippen LogP contribution in [-0.2, 0) is 5.41 Å². The third-order valence-electron chi connectivity index (χ3n) is 2.99. The van der Waals surface area contributed by atoms with Gasteiger partial charge >= 0.3 is 0 Å². The number of hydrogen-bond donors (Lipinski definition) is 2. The summed E-state index contributed by atoms with van der Waals surface area (Å²) in [5, 5.41) is 20.2. The van der Waals surface area contributed by atoms with E-state index in [0.717, 1.165) is 11.1 Å². The molecule has 0 aromatic heterocycles. The maximum absolute atomic E-state index is 10.4. The van der Waals surface area contributed by atoms with E-state index >= 15 is 0 Å². The van der Waals surface area contributed by atoms with Gasteiger partial charge in [-0.1, -0.05) is 51.1 Å². The van der Waals surface area contributed by atoms with Gasteiger partial charge in [0.15, 0.2) is 0 Å². The molecule has 2 N–H and O–H groups in total. The molecule has 0 radical (unpaired) electrons. The fraction of sp³-hybridized carbons (Fsp3) is 0.250. The van der Waals surface area contributed by atoms with Crippen molar-refractivity contribution >= 4 is 0 Å². The zero-order valence-corrected chi connectivity index (χ0v) is 10.9. The molecular weight excluding hydrogens is 224 g/mol. The standard InChI is InChI=1S/C16H18O2/c1-16(2,3)14-10-12(17)9-13(15(14)18)11-7-5-4-6-8-11/h4-10,17-18H,1-3H3. The van der Waals surface area contributed by atoms with Crippen molar-refractivity contribution in [2.75, 3.05) is 0 Å². The van der Waals surface area contributed by atoms with Crippen LogP contribution in [0.2, 0.25) is 0 Å². The maximum atomic E-state index is 10.4. The van der Waals surface area contributed by atoms with E-state index in [1.807, 2.05) is 51.1 Å². The molecule has 2 nitrogen and oxygen atoms in total.